The Morgan fingerprint density at radius 1 is 1.40 bits per heavy atom. The minimum Gasteiger partial charge on any atom is -0.364 e. The molecule has 0 aliphatic carbocycles. The van der Waals surface area contributed by atoms with E-state index in [0.717, 1.165) is 5.69 Å². The molecular weight excluding hydrogens is 192 g/mol. The van der Waals surface area contributed by atoms with Crippen LogP contribution in [0.1, 0.15) is 35.9 Å². The second-order valence-corrected chi connectivity index (χ2v) is 3.69. The summed E-state index contributed by atoms with van der Waals surface area (Å²) >= 11 is 0. The molecule has 0 radical (unpaired) electrons. The summed E-state index contributed by atoms with van der Waals surface area (Å²) in [5.41, 5.74) is 7.26. The van der Waals surface area contributed by atoms with Crippen LogP contribution in [-0.2, 0) is 0 Å². The Balaban J connectivity index is 2.80. The van der Waals surface area contributed by atoms with Crippen LogP contribution >= 0.6 is 0 Å². The van der Waals surface area contributed by atoms with Crippen LogP contribution in [0.3, 0.4) is 0 Å². The molecule has 0 unspecified atom stereocenters. The fourth-order valence-corrected chi connectivity index (χ4v) is 1.55. The average molecular weight is 204 g/mol. The molecule has 78 valence electrons. The number of carbonyl (C=O) groups excluding carboxylic acids is 1. The number of aromatic nitrogens is 3. The molecule has 0 aromatic carbocycles. The van der Waals surface area contributed by atoms with Crippen molar-refractivity contribution in [2.24, 2.45) is 5.73 Å². The number of rotatable bonds is 2. The zero-order valence-corrected chi connectivity index (χ0v) is 8.64. The normalized spacial score (nSPS) is 11.1. The summed E-state index contributed by atoms with van der Waals surface area (Å²) in [7, 11) is 0. The van der Waals surface area contributed by atoms with E-state index in [1.165, 1.54) is 6.20 Å². The number of fused-ring (bicyclic) bond motifs is 1. The Hall–Kier alpha value is -1.91. The maximum Gasteiger partial charge on any atom is 0.267 e. The van der Waals surface area contributed by atoms with Gasteiger partial charge in [-0.25, -0.2) is 4.98 Å². The lowest BCUT2D eigenvalue weighted by atomic mass is 10.1. The molecule has 0 aliphatic rings. The molecule has 1 amide bonds. The van der Waals surface area contributed by atoms with E-state index >= 15 is 0 Å². The van der Waals surface area contributed by atoms with Gasteiger partial charge in [0, 0.05) is 11.9 Å². The third kappa shape index (κ3) is 1.45. The first-order valence-corrected chi connectivity index (χ1v) is 4.72. The molecule has 2 aromatic heterocycles. The van der Waals surface area contributed by atoms with Gasteiger partial charge >= 0.3 is 0 Å². The molecule has 5 nitrogen and oxygen atoms in total. The van der Waals surface area contributed by atoms with Gasteiger partial charge in [0.1, 0.15) is 5.69 Å². The summed E-state index contributed by atoms with van der Waals surface area (Å²) < 4.78 is 1.75. The second kappa shape index (κ2) is 3.34. The zero-order chi connectivity index (χ0) is 11.0. The van der Waals surface area contributed by atoms with Gasteiger partial charge in [-0.3, -0.25) is 14.2 Å². The van der Waals surface area contributed by atoms with E-state index in [4.69, 9.17) is 5.73 Å². The van der Waals surface area contributed by atoms with Gasteiger partial charge in [0.05, 0.1) is 12.4 Å². The van der Waals surface area contributed by atoms with Crippen LogP contribution in [-0.4, -0.2) is 20.3 Å². The van der Waals surface area contributed by atoms with Gasteiger partial charge < -0.3 is 5.73 Å². The summed E-state index contributed by atoms with van der Waals surface area (Å²) in [6.45, 7) is 4.07. The summed E-state index contributed by atoms with van der Waals surface area (Å²) in [6.07, 6.45) is 4.81. The largest absolute Gasteiger partial charge is 0.364 e. The molecule has 0 bridgehead atoms. The monoisotopic (exact) mass is 204 g/mol. The molecule has 2 heterocycles. The van der Waals surface area contributed by atoms with Crippen molar-refractivity contribution in [3.8, 4) is 0 Å². The molecule has 0 saturated carbocycles. The number of primary amides is 1. The minimum atomic E-state index is -0.493. The first kappa shape index (κ1) is 9.64. The van der Waals surface area contributed by atoms with Crippen molar-refractivity contribution in [1.82, 2.24) is 14.4 Å². The summed E-state index contributed by atoms with van der Waals surface area (Å²) in [4.78, 5) is 19.3. The van der Waals surface area contributed by atoms with Crippen molar-refractivity contribution in [3.63, 3.8) is 0 Å². The van der Waals surface area contributed by atoms with E-state index in [0.29, 0.717) is 11.3 Å². The lowest BCUT2D eigenvalue weighted by molar-refractivity contribution is 0.0993. The SMILES string of the molecule is CC(C)c1cnc2cncc(C(N)=O)n12. The second-order valence-electron chi connectivity index (χ2n) is 3.69. The number of nitrogens with two attached hydrogens (primary N) is 1. The molecule has 5 heteroatoms. The molecule has 0 fully saturated rings. The van der Waals surface area contributed by atoms with E-state index in [-0.39, 0.29) is 5.92 Å². The summed E-state index contributed by atoms with van der Waals surface area (Å²) in [6, 6.07) is 0. The van der Waals surface area contributed by atoms with Gasteiger partial charge in [-0.1, -0.05) is 13.8 Å². The van der Waals surface area contributed by atoms with E-state index in [9.17, 15) is 4.79 Å². The molecule has 0 atom stereocenters. The van der Waals surface area contributed by atoms with Gasteiger partial charge in [-0.15, -0.1) is 0 Å². The number of carbonyl (C=O) groups is 1. The van der Waals surface area contributed by atoms with Crippen LogP contribution in [0.2, 0.25) is 0 Å². The van der Waals surface area contributed by atoms with Gasteiger partial charge in [0.25, 0.3) is 5.91 Å². The number of nitrogens with zero attached hydrogens (tertiary/aromatic N) is 3. The molecule has 2 N–H and O–H groups in total. The van der Waals surface area contributed by atoms with Gasteiger partial charge in [0.15, 0.2) is 5.65 Å². The highest BCUT2D eigenvalue weighted by atomic mass is 16.1. The average Bonchev–Trinajstić information content (AvgIpc) is 2.60. The predicted octanol–water partition coefficient (Wildman–Crippen LogP) is 0.952. The van der Waals surface area contributed by atoms with Gasteiger partial charge in [-0.2, -0.15) is 0 Å². The predicted molar refractivity (Wildman–Crippen MR) is 55.6 cm³/mol. The highest BCUT2D eigenvalue weighted by molar-refractivity contribution is 5.91. The Labute approximate surface area is 87.0 Å². The lowest BCUT2D eigenvalue weighted by Gasteiger charge is -2.07. The van der Waals surface area contributed by atoms with E-state index in [2.05, 4.69) is 9.97 Å². The first-order valence-electron chi connectivity index (χ1n) is 4.72. The number of hydrogen-bond acceptors (Lipinski definition) is 3. The fourth-order valence-electron chi connectivity index (χ4n) is 1.55. The van der Waals surface area contributed by atoms with Crippen LogP contribution in [0.15, 0.2) is 18.6 Å². The summed E-state index contributed by atoms with van der Waals surface area (Å²) in [5.74, 6) is -0.214. The van der Waals surface area contributed by atoms with Crippen molar-refractivity contribution in [3.05, 3.63) is 30.0 Å². The Morgan fingerprint density at radius 2 is 2.13 bits per heavy atom. The Morgan fingerprint density at radius 3 is 2.73 bits per heavy atom. The molecule has 0 saturated heterocycles. The van der Waals surface area contributed by atoms with Crippen LogP contribution in [0.25, 0.3) is 5.65 Å². The number of amides is 1. The Kier molecular flexibility index (Phi) is 2.15. The topological polar surface area (TPSA) is 73.3 Å². The van der Waals surface area contributed by atoms with E-state index < -0.39 is 5.91 Å². The highest BCUT2D eigenvalue weighted by Gasteiger charge is 2.13. The minimum absolute atomic E-state index is 0.278. The maximum absolute atomic E-state index is 11.2. The fraction of sp³-hybridized carbons (Fsp3) is 0.300. The van der Waals surface area contributed by atoms with Crippen molar-refractivity contribution >= 4 is 11.6 Å². The number of imidazole rings is 1. The molecule has 2 aromatic rings. The molecule has 2 rings (SSSR count). The number of hydrogen-bond donors (Lipinski definition) is 1. The molecular formula is C10H12N4O. The highest BCUT2D eigenvalue weighted by Crippen LogP contribution is 2.17. The molecule has 0 spiro atoms. The summed E-state index contributed by atoms with van der Waals surface area (Å²) in [5, 5.41) is 0. The maximum atomic E-state index is 11.2. The van der Waals surface area contributed by atoms with Crippen LogP contribution in [0.5, 0.6) is 0 Å². The van der Waals surface area contributed by atoms with Crippen LogP contribution in [0, 0.1) is 0 Å². The third-order valence-corrected chi connectivity index (χ3v) is 2.29. The van der Waals surface area contributed by atoms with E-state index in [1.807, 2.05) is 13.8 Å². The van der Waals surface area contributed by atoms with Crippen molar-refractivity contribution in [2.75, 3.05) is 0 Å². The van der Waals surface area contributed by atoms with Gasteiger partial charge in [-0.05, 0) is 5.92 Å². The smallest absolute Gasteiger partial charge is 0.267 e. The van der Waals surface area contributed by atoms with Crippen LogP contribution in [0.4, 0.5) is 0 Å². The quantitative estimate of drug-likeness (QED) is 0.791. The third-order valence-electron chi connectivity index (χ3n) is 2.29. The standard InChI is InChI=1S/C10H12N4O/c1-6(2)7-4-13-9-5-12-3-8(10(11)15)14(7)9/h3-6H,1-2H3,(H2,11,15). The zero-order valence-electron chi connectivity index (χ0n) is 8.64. The Bertz CT molecular complexity index is 515. The molecule has 0 aliphatic heterocycles. The van der Waals surface area contributed by atoms with Crippen molar-refractivity contribution < 1.29 is 4.79 Å². The van der Waals surface area contributed by atoms with Crippen LogP contribution < -0.4 is 5.73 Å². The van der Waals surface area contributed by atoms with Crippen molar-refractivity contribution in [2.45, 2.75) is 19.8 Å². The lowest BCUT2D eigenvalue weighted by Crippen LogP contribution is -2.17. The van der Waals surface area contributed by atoms with Crippen molar-refractivity contribution in [1.29, 1.82) is 0 Å². The molecule has 15 heavy (non-hydrogen) atoms. The van der Waals surface area contributed by atoms with Gasteiger partial charge in [0.2, 0.25) is 0 Å². The first-order chi connectivity index (χ1) is 7.11. The van der Waals surface area contributed by atoms with E-state index in [1.54, 1.807) is 16.8 Å².